The van der Waals surface area contributed by atoms with Crippen molar-refractivity contribution in [3.63, 3.8) is 0 Å². The van der Waals surface area contributed by atoms with Crippen LogP contribution in [0.3, 0.4) is 0 Å². The Bertz CT molecular complexity index is 1870. The average molecular weight is 681 g/mol. The maximum absolute atomic E-state index is 13.0. The first-order valence-electron chi connectivity index (χ1n) is 15.6. The monoisotopic (exact) mass is 680 g/mol. The number of halogens is 1. The van der Waals surface area contributed by atoms with Gasteiger partial charge in [0.1, 0.15) is 16.3 Å². The van der Waals surface area contributed by atoms with Crippen LogP contribution in [0.2, 0.25) is 5.02 Å². The average Bonchev–Trinajstić information content (AvgIpc) is 3.03. The smallest absolute Gasteiger partial charge is 0.410 e. The van der Waals surface area contributed by atoms with E-state index in [1.807, 2.05) is 40.0 Å². The standard InChI is InChI=1S/C34H41ClN6O5S/c1-7-21-18-22(26-16-17-29(38-31(26)45-6)40-47(43,44)28-11-9-8-10-27(28)35)19-23-20-36-32(39-30(21)23)37-24-12-14-25(15-13-24)41(5)33(42)46-34(2,3)4/h8-11,16-20,24-25H,7,12-15H2,1-6H3,(H,38,40)(H,36,37,39)/t24-,25-. The molecule has 47 heavy (non-hydrogen) atoms. The quantitative estimate of drug-likeness (QED) is 0.187. The summed E-state index contributed by atoms with van der Waals surface area (Å²) in [5.41, 5.74) is 2.89. The number of amides is 1. The van der Waals surface area contributed by atoms with Gasteiger partial charge in [-0.1, -0.05) is 30.7 Å². The van der Waals surface area contributed by atoms with E-state index in [0.717, 1.165) is 54.1 Å². The van der Waals surface area contributed by atoms with Crippen molar-refractivity contribution in [2.45, 2.75) is 82.4 Å². The minimum atomic E-state index is -3.96. The van der Waals surface area contributed by atoms with Gasteiger partial charge in [0.15, 0.2) is 0 Å². The molecule has 0 atom stereocenters. The number of aryl methyl sites for hydroxylation is 1. The van der Waals surface area contributed by atoms with Crippen molar-refractivity contribution in [3.8, 4) is 17.0 Å². The molecule has 1 aliphatic rings. The Morgan fingerprint density at radius 3 is 2.45 bits per heavy atom. The predicted molar refractivity (Wildman–Crippen MR) is 185 cm³/mol. The fourth-order valence-corrected chi connectivity index (χ4v) is 7.24. The molecule has 1 fully saturated rings. The summed E-state index contributed by atoms with van der Waals surface area (Å²) >= 11 is 6.12. The molecule has 0 bridgehead atoms. The summed E-state index contributed by atoms with van der Waals surface area (Å²) in [5, 5.41) is 4.48. The van der Waals surface area contributed by atoms with Gasteiger partial charge in [0.2, 0.25) is 11.8 Å². The Kier molecular flexibility index (Phi) is 10.1. The number of carbonyl (C=O) groups excluding carboxylic acids is 1. The molecular formula is C34H41ClN6O5S. The zero-order valence-corrected chi connectivity index (χ0v) is 29.1. The number of fused-ring (bicyclic) bond motifs is 1. The van der Waals surface area contributed by atoms with Gasteiger partial charge < -0.3 is 19.7 Å². The number of pyridine rings is 1. The summed E-state index contributed by atoms with van der Waals surface area (Å²) in [7, 11) is -0.662. The second kappa shape index (κ2) is 13.9. The second-order valence-electron chi connectivity index (χ2n) is 12.7. The lowest BCUT2D eigenvalue weighted by atomic mass is 9.90. The van der Waals surface area contributed by atoms with Crippen LogP contribution in [0, 0.1) is 0 Å². The van der Waals surface area contributed by atoms with Crippen LogP contribution in [-0.2, 0) is 21.2 Å². The lowest BCUT2D eigenvalue weighted by Crippen LogP contribution is -2.43. The number of aromatic nitrogens is 3. The Morgan fingerprint density at radius 2 is 1.79 bits per heavy atom. The Hall–Kier alpha value is -4.16. The zero-order chi connectivity index (χ0) is 33.9. The number of sulfonamides is 1. The van der Waals surface area contributed by atoms with E-state index in [1.165, 1.54) is 19.2 Å². The fraction of sp³-hybridized carbons (Fsp3) is 0.412. The van der Waals surface area contributed by atoms with Gasteiger partial charge in [-0.25, -0.2) is 23.2 Å². The highest BCUT2D eigenvalue weighted by Gasteiger charge is 2.29. The Labute approximate surface area is 281 Å². The molecule has 2 aromatic heterocycles. The van der Waals surface area contributed by atoms with E-state index in [9.17, 15) is 13.2 Å². The molecule has 13 heteroatoms. The molecule has 0 spiro atoms. The highest BCUT2D eigenvalue weighted by atomic mass is 35.5. The molecule has 1 amide bonds. The van der Waals surface area contributed by atoms with Gasteiger partial charge in [0.25, 0.3) is 10.0 Å². The van der Waals surface area contributed by atoms with Crippen molar-refractivity contribution in [3.05, 3.63) is 65.3 Å². The van der Waals surface area contributed by atoms with Crippen LogP contribution in [0.4, 0.5) is 16.6 Å². The minimum absolute atomic E-state index is 0.0408. The van der Waals surface area contributed by atoms with Crippen LogP contribution in [0.25, 0.3) is 22.0 Å². The van der Waals surface area contributed by atoms with Crippen molar-refractivity contribution in [2.24, 2.45) is 0 Å². The third-order valence-electron chi connectivity index (χ3n) is 8.13. The number of anilines is 2. The number of hydrogen-bond donors (Lipinski definition) is 2. The van der Waals surface area contributed by atoms with Crippen LogP contribution in [-0.4, -0.2) is 66.2 Å². The van der Waals surface area contributed by atoms with Crippen molar-refractivity contribution in [1.29, 1.82) is 0 Å². The molecule has 2 aromatic carbocycles. The first-order chi connectivity index (χ1) is 22.3. The highest BCUT2D eigenvalue weighted by molar-refractivity contribution is 7.92. The molecular weight excluding hydrogens is 640 g/mol. The van der Waals surface area contributed by atoms with Gasteiger partial charge in [0.05, 0.1) is 17.6 Å². The van der Waals surface area contributed by atoms with E-state index >= 15 is 0 Å². The molecule has 250 valence electrons. The van der Waals surface area contributed by atoms with E-state index in [0.29, 0.717) is 11.5 Å². The van der Waals surface area contributed by atoms with Crippen LogP contribution in [0.1, 0.15) is 58.9 Å². The van der Waals surface area contributed by atoms with E-state index in [1.54, 1.807) is 35.4 Å². The first kappa shape index (κ1) is 34.2. The normalized spacial score (nSPS) is 16.8. The molecule has 2 heterocycles. The molecule has 1 saturated carbocycles. The second-order valence-corrected chi connectivity index (χ2v) is 14.7. The number of hydrogen-bond acceptors (Lipinski definition) is 9. The van der Waals surface area contributed by atoms with Crippen molar-refractivity contribution in [2.75, 3.05) is 24.2 Å². The molecule has 1 aliphatic carbocycles. The summed E-state index contributed by atoms with van der Waals surface area (Å²) in [6.07, 6.45) is 5.74. The van der Waals surface area contributed by atoms with E-state index in [2.05, 4.69) is 26.9 Å². The minimum Gasteiger partial charge on any atom is -0.480 e. The number of benzene rings is 2. The van der Waals surface area contributed by atoms with Crippen LogP contribution >= 0.6 is 11.6 Å². The largest absolute Gasteiger partial charge is 0.480 e. The topological polar surface area (TPSA) is 136 Å². The maximum atomic E-state index is 13.0. The number of ether oxygens (including phenoxy) is 2. The maximum Gasteiger partial charge on any atom is 0.410 e. The lowest BCUT2D eigenvalue weighted by Gasteiger charge is -2.35. The van der Waals surface area contributed by atoms with Crippen LogP contribution in [0.5, 0.6) is 5.88 Å². The van der Waals surface area contributed by atoms with Crippen molar-refractivity contribution < 1.29 is 22.7 Å². The molecule has 5 rings (SSSR count). The first-order valence-corrected chi connectivity index (χ1v) is 17.5. The third-order valence-corrected chi connectivity index (χ3v) is 9.99. The Morgan fingerprint density at radius 1 is 1.06 bits per heavy atom. The van der Waals surface area contributed by atoms with Gasteiger partial charge in [0, 0.05) is 36.3 Å². The lowest BCUT2D eigenvalue weighted by molar-refractivity contribution is 0.0185. The molecule has 0 aliphatic heterocycles. The van der Waals surface area contributed by atoms with Crippen molar-refractivity contribution >= 4 is 50.4 Å². The number of nitrogens with one attached hydrogen (secondary N) is 2. The van der Waals surface area contributed by atoms with Crippen LogP contribution < -0.4 is 14.8 Å². The molecule has 2 N–H and O–H groups in total. The van der Waals surface area contributed by atoms with E-state index < -0.39 is 15.6 Å². The van der Waals surface area contributed by atoms with Gasteiger partial charge in [-0.3, -0.25) is 4.72 Å². The fourth-order valence-electron chi connectivity index (χ4n) is 5.71. The number of methoxy groups -OCH3 is 1. The van der Waals surface area contributed by atoms with E-state index in [-0.39, 0.29) is 39.8 Å². The molecule has 0 unspecified atom stereocenters. The van der Waals surface area contributed by atoms with Gasteiger partial charge in [-0.05, 0) is 100 Å². The van der Waals surface area contributed by atoms with Crippen LogP contribution in [0.15, 0.2) is 59.6 Å². The summed E-state index contributed by atoms with van der Waals surface area (Å²) in [5.74, 6) is 0.933. The Balaban J connectivity index is 1.31. The van der Waals surface area contributed by atoms with E-state index in [4.69, 9.17) is 26.1 Å². The predicted octanol–water partition coefficient (Wildman–Crippen LogP) is 7.31. The number of nitrogens with zero attached hydrogens (tertiary/aromatic N) is 4. The van der Waals surface area contributed by atoms with Crippen molar-refractivity contribution in [1.82, 2.24) is 19.9 Å². The third kappa shape index (κ3) is 8.05. The summed E-state index contributed by atoms with van der Waals surface area (Å²) in [4.78, 5) is 28.1. The summed E-state index contributed by atoms with van der Waals surface area (Å²) < 4.78 is 39.5. The van der Waals surface area contributed by atoms with Gasteiger partial charge in [-0.15, -0.1) is 0 Å². The molecule has 0 radical (unpaired) electrons. The van der Waals surface area contributed by atoms with Gasteiger partial charge >= 0.3 is 6.09 Å². The molecule has 0 saturated heterocycles. The SMILES string of the molecule is CCc1cc(-c2ccc(NS(=O)(=O)c3ccccc3Cl)nc2OC)cc2cnc(N[C@H]3CC[C@H](N(C)C(=O)OC(C)(C)C)CC3)nc12. The number of rotatable bonds is 9. The number of carbonyl (C=O) groups is 1. The molecule has 11 nitrogen and oxygen atoms in total. The summed E-state index contributed by atoms with van der Waals surface area (Å²) in [6, 6.07) is 13.9. The highest BCUT2D eigenvalue weighted by Crippen LogP contribution is 2.35. The van der Waals surface area contributed by atoms with Gasteiger partial charge in [-0.2, -0.15) is 4.98 Å². The molecule has 4 aromatic rings. The zero-order valence-electron chi connectivity index (χ0n) is 27.5. The summed E-state index contributed by atoms with van der Waals surface area (Å²) in [6.45, 7) is 7.69.